The number of ether oxygens (including phenoxy) is 1. The van der Waals surface area contributed by atoms with E-state index in [0.717, 1.165) is 0 Å². The monoisotopic (exact) mass is 523 g/mol. The largest absolute Gasteiger partial charge is 0.507 e. The first-order chi connectivity index (χ1) is 17.9. The lowest BCUT2D eigenvalue weighted by Gasteiger charge is -2.35. The van der Waals surface area contributed by atoms with E-state index in [0.29, 0.717) is 36.5 Å². The molecule has 6 rings (SSSR count). The van der Waals surface area contributed by atoms with E-state index in [4.69, 9.17) is 16.3 Å². The SMILES string of the molecule is CC(C)c1nccnc1-n1c(=O)nc2c3c(c(Cl)c(-c4c(O)cccc4F)nc31)OC[C@H]1CNCCN21. The fourth-order valence-corrected chi connectivity index (χ4v) is 5.20. The first-order valence-electron chi connectivity index (χ1n) is 11.9. The van der Waals surface area contributed by atoms with Crippen LogP contribution in [0.3, 0.4) is 0 Å². The molecule has 0 spiro atoms. The molecule has 2 aliphatic heterocycles. The Bertz CT molecular complexity index is 1590. The van der Waals surface area contributed by atoms with Gasteiger partial charge in [0, 0.05) is 32.0 Å². The highest BCUT2D eigenvalue weighted by atomic mass is 35.5. The number of anilines is 1. The number of phenolic OH excluding ortho intramolecular Hbond substituents is 1. The van der Waals surface area contributed by atoms with E-state index in [1.807, 2.05) is 18.7 Å². The van der Waals surface area contributed by atoms with Crippen LogP contribution in [-0.2, 0) is 0 Å². The summed E-state index contributed by atoms with van der Waals surface area (Å²) >= 11 is 6.82. The summed E-state index contributed by atoms with van der Waals surface area (Å²) in [6.07, 6.45) is 3.03. The molecule has 2 N–H and O–H groups in total. The minimum atomic E-state index is -0.721. The van der Waals surface area contributed by atoms with Gasteiger partial charge in [0.1, 0.15) is 40.1 Å². The number of fused-ring (bicyclic) bond motifs is 2. The van der Waals surface area contributed by atoms with Gasteiger partial charge >= 0.3 is 5.69 Å². The molecule has 190 valence electrons. The van der Waals surface area contributed by atoms with E-state index in [1.165, 1.54) is 29.0 Å². The van der Waals surface area contributed by atoms with Gasteiger partial charge in [0.05, 0.1) is 17.3 Å². The van der Waals surface area contributed by atoms with E-state index in [9.17, 15) is 9.90 Å². The van der Waals surface area contributed by atoms with Gasteiger partial charge in [-0.3, -0.25) is 4.98 Å². The maximum atomic E-state index is 15.0. The number of aromatic nitrogens is 5. The van der Waals surface area contributed by atoms with Crippen LogP contribution in [0.2, 0.25) is 5.02 Å². The molecule has 1 fully saturated rings. The number of nitrogens with one attached hydrogen (secondary N) is 1. The molecule has 1 atom stereocenters. The Balaban J connectivity index is 1.78. The second-order valence-corrected chi connectivity index (χ2v) is 9.65. The molecule has 5 heterocycles. The van der Waals surface area contributed by atoms with Crippen LogP contribution in [-0.4, -0.2) is 61.9 Å². The predicted molar refractivity (Wildman–Crippen MR) is 136 cm³/mol. The maximum absolute atomic E-state index is 15.0. The molecule has 3 aromatic heterocycles. The van der Waals surface area contributed by atoms with Crippen molar-refractivity contribution in [3.8, 4) is 28.6 Å². The zero-order valence-corrected chi connectivity index (χ0v) is 20.8. The summed E-state index contributed by atoms with van der Waals surface area (Å²) < 4.78 is 22.5. The van der Waals surface area contributed by atoms with Crippen molar-refractivity contribution in [3.05, 3.63) is 57.6 Å². The summed E-state index contributed by atoms with van der Waals surface area (Å²) in [6.45, 7) is 6.03. The van der Waals surface area contributed by atoms with Gasteiger partial charge in [-0.1, -0.05) is 31.5 Å². The van der Waals surface area contributed by atoms with E-state index in [-0.39, 0.29) is 57.8 Å². The first-order valence-corrected chi connectivity index (χ1v) is 12.3. The van der Waals surface area contributed by atoms with Gasteiger partial charge in [-0.2, -0.15) is 4.98 Å². The lowest BCUT2D eigenvalue weighted by molar-refractivity contribution is 0.274. The highest BCUT2D eigenvalue weighted by molar-refractivity contribution is 6.36. The van der Waals surface area contributed by atoms with Crippen molar-refractivity contribution in [1.29, 1.82) is 0 Å². The second kappa shape index (κ2) is 8.93. The third-order valence-corrected chi connectivity index (χ3v) is 6.99. The molecule has 37 heavy (non-hydrogen) atoms. The van der Waals surface area contributed by atoms with E-state index in [1.54, 1.807) is 6.20 Å². The van der Waals surface area contributed by atoms with Crippen LogP contribution >= 0.6 is 11.6 Å². The summed E-state index contributed by atoms with van der Waals surface area (Å²) in [5.74, 6) is -0.277. The fourth-order valence-electron chi connectivity index (χ4n) is 4.92. The Hall–Kier alpha value is -3.83. The number of hydrogen-bond acceptors (Lipinski definition) is 9. The molecular formula is C25H23ClFN7O3. The van der Waals surface area contributed by atoms with Crippen molar-refractivity contribution < 1.29 is 14.2 Å². The molecule has 0 aliphatic carbocycles. The fraction of sp³-hybridized carbons (Fsp3) is 0.320. The minimum absolute atomic E-state index is 0.0113. The summed E-state index contributed by atoms with van der Waals surface area (Å²) in [7, 11) is 0. The zero-order chi connectivity index (χ0) is 25.8. The number of aromatic hydroxyl groups is 1. The number of phenols is 1. The van der Waals surface area contributed by atoms with Crippen LogP contribution in [0.4, 0.5) is 10.2 Å². The van der Waals surface area contributed by atoms with E-state index < -0.39 is 11.5 Å². The van der Waals surface area contributed by atoms with Gasteiger partial charge < -0.3 is 20.1 Å². The number of pyridine rings is 1. The Kier molecular flexibility index (Phi) is 5.68. The van der Waals surface area contributed by atoms with Crippen LogP contribution in [0.15, 0.2) is 35.4 Å². The van der Waals surface area contributed by atoms with Gasteiger partial charge in [-0.25, -0.2) is 23.7 Å². The van der Waals surface area contributed by atoms with Crippen LogP contribution < -0.4 is 20.6 Å². The van der Waals surface area contributed by atoms with Gasteiger partial charge in [-0.15, -0.1) is 0 Å². The summed E-state index contributed by atoms with van der Waals surface area (Å²) in [5.41, 5.74) is -0.177. The molecule has 10 nitrogen and oxygen atoms in total. The molecule has 1 aromatic carbocycles. The van der Waals surface area contributed by atoms with Gasteiger partial charge in [0.15, 0.2) is 17.2 Å². The second-order valence-electron chi connectivity index (χ2n) is 9.27. The molecule has 0 amide bonds. The molecule has 2 aliphatic rings. The van der Waals surface area contributed by atoms with E-state index in [2.05, 4.69) is 25.3 Å². The standard InChI is InChI=1S/C25H23ClFN7O3/c1-12(2)19-24(30-7-6-29-19)34-23-17-21(18(26)20(31-23)16-14(27)4-3-5-15(16)35)37-11-13-10-28-8-9-33(13)22(17)32-25(34)36/h3-7,12-13,28,35H,8-11H2,1-2H3/t13-/m1/s1. The van der Waals surface area contributed by atoms with Crippen molar-refractivity contribution in [2.45, 2.75) is 25.8 Å². The minimum Gasteiger partial charge on any atom is -0.507 e. The average Bonchev–Trinajstić information content (AvgIpc) is 3.04. The number of nitrogens with zero attached hydrogens (tertiary/aromatic N) is 6. The molecule has 1 saturated heterocycles. The number of benzene rings is 1. The lowest BCUT2D eigenvalue weighted by Crippen LogP contribution is -2.54. The highest BCUT2D eigenvalue weighted by Crippen LogP contribution is 2.46. The highest BCUT2D eigenvalue weighted by Gasteiger charge is 2.35. The van der Waals surface area contributed by atoms with Crippen molar-refractivity contribution >= 4 is 28.5 Å². The zero-order valence-electron chi connectivity index (χ0n) is 20.1. The number of hydrogen-bond donors (Lipinski definition) is 2. The average molecular weight is 524 g/mol. The molecule has 12 heteroatoms. The van der Waals surface area contributed by atoms with Crippen LogP contribution in [0.5, 0.6) is 11.5 Å². The van der Waals surface area contributed by atoms with Crippen LogP contribution in [0.25, 0.3) is 28.1 Å². The van der Waals surface area contributed by atoms with Gasteiger partial charge in [0.2, 0.25) is 0 Å². The summed E-state index contributed by atoms with van der Waals surface area (Å²) in [4.78, 5) is 33.7. The Morgan fingerprint density at radius 2 is 2.03 bits per heavy atom. The number of piperazine rings is 1. The van der Waals surface area contributed by atoms with Gasteiger partial charge in [-0.05, 0) is 18.1 Å². The molecule has 4 aromatic rings. The normalized spacial score (nSPS) is 17.0. The van der Waals surface area contributed by atoms with Crippen molar-refractivity contribution in [2.75, 3.05) is 31.1 Å². The maximum Gasteiger partial charge on any atom is 0.357 e. The molecular weight excluding hydrogens is 501 g/mol. The third kappa shape index (κ3) is 3.68. The topological polar surface area (TPSA) is 118 Å². The lowest BCUT2D eigenvalue weighted by atomic mass is 10.1. The molecule has 0 radical (unpaired) electrons. The predicted octanol–water partition coefficient (Wildman–Crippen LogP) is 3.03. The van der Waals surface area contributed by atoms with Gasteiger partial charge in [0.25, 0.3) is 0 Å². The smallest absolute Gasteiger partial charge is 0.357 e. The van der Waals surface area contributed by atoms with Crippen LogP contribution in [0, 0.1) is 5.82 Å². The summed E-state index contributed by atoms with van der Waals surface area (Å²) in [6, 6.07) is 3.81. The van der Waals surface area contributed by atoms with E-state index >= 15 is 4.39 Å². The molecule has 0 saturated carbocycles. The Morgan fingerprint density at radius 1 is 1.22 bits per heavy atom. The Morgan fingerprint density at radius 3 is 2.81 bits per heavy atom. The molecule has 0 bridgehead atoms. The Labute approximate surface area is 215 Å². The number of rotatable bonds is 3. The van der Waals surface area contributed by atoms with Crippen LogP contribution in [0.1, 0.15) is 25.5 Å². The quantitative estimate of drug-likeness (QED) is 0.417. The number of halogens is 2. The summed E-state index contributed by atoms with van der Waals surface area (Å²) in [5, 5.41) is 14.3. The van der Waals surface area contributed by atoms with Crippen molar-refractivity contribution in [3.63, 3.8) is 0 Å². The van der Waals surface area contributed by atoms with Crippen molar-refractivity contribution in [1.82, 2.24) is 29.8 Å². The molecule has 0 unspecified atom stereocenters. The third-order valence-electron chi connectivity index (χ3n) is 6.64. The first kappa shape index (κ1) is 23.6. The van der Waals surface area contributed by atoms with Crippen molar-refractivity contribution in [2.24, 2.45) is 0 Å².